The first-order valence-electron chi connectivity index (χ1n) is 11.1. The van der Waals surface area contributed by atoms with E-state index in [0.717, 1.165) is 41.5 Å². The van der Waals surface area contributed by atoms with Crippen LogP contribution in [0.2, 0.25) is 0 Å². The van der Waals surface area contributed by atoms with Crippen LogP contribution in [0.5, 0.6) is 5.75 Å². The molecule has 3 N–H and O–H groups in total. The van der Waals surface area contributed by atoms with Crippen molar-refractivity contribution in [2.24, 2.45) is 0 Å². The minimum Gasteiger partial charge on any atom is -0.489 e. The zero-order chi connectivity index (χ0) is 22.0. The molecule has 0 fully saturated rings. The molecule has 1 heterocycles. The maximum Gasteiger partial charge on any atom is 0.314 e. The molecule has 5 nitrogen and oxygen atoms in total. The molecule has 0 unspecified atom stereocenters. The Balaban J connectivity index is 1.19. The van der Waals surface area contributed by atoms with Gasteiger partial charge in [-0.3, -0.25) is 0 Å². The predicted molar refractivity (Wildman–Crippen MR) is 129 cm³/mol. The van der Waals surface area contributed by atoms with Crippen LogP contribution in [0.1, 0.15) is 23.1 Å². The standard InChI is InChI=1S/C27H29N3O2/c31-27(28-16-7-12-21-8-3-1-4-9-21)29-17-15-23-19-30-26-18-24(13-14-25(23)26)32-20-22-10-5-2-6-11-22/h1-6,8-11,13-14,18-19,30H,7,12,15-17,20H2,(H2,28,29,31). The fourth-order valence-electron chi connectivity index (χ4n) is 3.72. The van der Waals surface area contributed by atoms with Crippen LogP contribution in [0, 0.1) is 0 Å². The number of aryl methyl sites for hydroxylation is 1. The van der Waals surface area contributed by atoms with Crippen LogP contribution in [0.15, 0.2) is 85.1 Å². The molecule has 0 bridgehead atoms. The van der Waals surface area contributed by atoms with Crippen molar-refractivity contribution in [1.29, 1.82) is 0 Å². The van der Waals surface area contributed by atoms with Crippen molar-refractivity contribution in [2.75, 3.05) is 13.1 Å². The number of rotatable bonds is 10. The number of hydrogen-bond acceptors (Lipinski definition) is 2. The van der Waals surface area contributed by atoms with Gasteiger partial charge in [-0.15, -0.1) is 0 Å². The fraction of sp³-hybridized carbons (Fsp3) is 0.222. The van der Waals surface area contributed by atoms with E-state index in [-0.39, 0.29) is 6.03 Å². The summed E-state index contributed by atoms with van der Waals surface area (Å²) in [6.45, 7) is 1.80. The second-order valence-corrected chi connectivity index (χ2v) is 7.82. The number of fused-ring (bicyclic) bond motifs is 1. The lowest BCUT2D eigenvalue weighted by atomic mass is 10.1. The number of H-pyrrole nitrogens is 1. The number of nitrogens with one attached hydrogen (secondary N) is 3. The van der Waals surface area contributed by atoms with Gasteiger partial charge in [0.25, 0.3) is 0 Å². The minimum absolute atomic E-state index is 0.116. The average Bonchev–Trinajstić information content (AvgIpc) is 3.24. The van der Waals surface area contributed by atoms with E-state index in [1.165, 1.54) is 11.1 Å². The lowest BCUT2D eigenvalue weighted by Gasteiger charge is -2.08. The molecule has 32 heavy (non-hydrogen) atoms. The molecule has 0 saturated heterocycles. The van der Waals surface area contributed by atoms with Gasteiger partial charge in [-0.05, 0) is 48.1 Å². The molecule has 0 spiro atoms. The van der Waals surface area contributed by atoms with Crippen molar-refractivity contribution in [3.05, 3.63) is 102 Å². The topological polar surface area (TPSA) is 66.2 Å². The lowest BCUT2D eigenvalue weighted by molar-refractivity contribution is 0.241. The van der Waals surface area contributed by atoms with Crippen molar-refractivity contribution < 1.29 is 9.53 Å². The Labute approximate surface area is 188 Å². The van der Waals surface area contributed by atoms with Gasteiger partial charge < -0.3 is 20.4 Å². The molecule has 4 rings (SSSR count). The Morgan fingerprint density at radius 1 is 0.812 bits per heavy atom. The molecule has 164 valence electrons. The minimum atomic E-state index is -0.116. The first-order chi connectivity index (χ1) is 15.8. The molecule has 0 radical (unpaired) electrons. The lowest BCUT2D eigenvalue weighted by Crippen LogP contribution is -2.37. The smallest absolute Gasteiger partial charge is 0.314 e. The first-order valence-corrected chi connectivity index (χ1v) is 11.1. The summed E-state index contributed by atoms with van der Waals surface area (Å²) in [5, 5.41) is 7.03. The van der Waals surface area contributed by atoms with Crippen LogP contribution < -0.4 is 15.4 Å². The number of aromatic nitrogens is 1. The highest BCUT2D eigenvalue weighted by atomic mass is 16.5. The normalized spacial score (nSPS) is 10.8. The van der Waals surface area contributed by atoms with Crippen LogP contribution in [-0.4, -0.2) is 24.1 Å². The van der Waals surface area contributed by atoms with Crippen LogP contribution in [0.3, 0.4) is 0 Å². The zero-order valence-electron chi connectivity index (χ0n) is 18.1. The molecule has 3 aromatic carbocycles. The number of hydrogen-bond donors (Lipinski definition) is 3. The van der Waals surface area contributed by atoms with Gasteiger partial charge >= 0.3 is 6.03 Å². The highest BCUT2D eigenvalue weighted by Crippen LogP contribution is 2.24. The number of amides is 2. The maximum absolute atomic E-state index is 12.0. The molecule has 0 aliphatic heterocycles. The molecule has 2 amide bonds. The predicted octanol–water partition coefficient (Wildman–Crippen LogP) is 5.22. The number of ether oxygens (including phenoxy) is 1. The van der Waals surface area contributed by atoms with Crippen LogP contribution in [-0.2, 0) is 19.4 Å². The van der Waals surface area contributed by atoms with Gasteiger partial charge in [-0.2, -0.15) is 0 Å². The van der Waals surface area contributed by atoms with Crippen molar-refractivity contribution in [1.82, 2.24) is 15.6 Å². The van der Waals surface area contributed by atoms with Gasteiger partial charge in [0, 0.05) is 36.3 Å². The number of carbonyl (C=O) groups excluding carboxylic acids is 1. The quantitative estimate of drug-likeness (QED) is 0.304. The van der Waals surface area contributed by atoms with Crippen molar-refractivity contribution >= 4 is 16.9 Å². The number of carbonyl (C=O) groups is 1. The average molecular weight is 428 g/mol. The highest BCUT2D eigenvalue weighted by molar-refractivity contribution is 5.84. The fourth-order valence-corrected chi connectivity index (χ4v) is 3.72. The monoisotopic (exact) mass is 427 g/mol. The highest BCUT2D eigenvalue weighted by Gasteiger charge is 2.07. The second-order valence-electron chi connectivity index (χ2n) is 7.82. The summed E-state index contributed by atoms with van der Waals surface area (Å²) in [5.74, 6) is 0.836. The van der Waals surface area contributed by atoms with Gasteiger partial charge in [-0.1, -0.05) is 60.7 Å². The molecule has 1 aromatic heterocycles. The van der Waals surface area contributed by atoms with Gasteiger partial charge in [0.1, 0.15) is 12.4 Å². The van der Waals surface area contributed by atoms with E-state index in [9.17, 15) is 4.79 Å². The number of urea groups is 1. The molecule has 0 saturated carbocycles. The van der Waals surface area contributed by atoms with Gasteiger partial charge in [0.2, 0.25) is 0 Å². The Morgan fingerprint density at radius 3 is 2.31 bits per heavy atom. The Morgan fingerprint density at radius 2 is 1.53 bits per heavy atom. The van der Waals surface area contributed by atoms with E-state index in [4.69, 9.17) is 4.74 Å². The van der Waals surface area contributed by atoms with E-state index in [1.54, 1.807) is 0 Å². The van der Waals surface area contributed by atoms with Crippen LogP contribution in [0.4, 0.5) is 4.79 Å². The summed E-state index contributed by atoms with van der Waals surface area (Å²) in [7, 11) is 0. The van der Waals surface area contributed by atoms with E-state index in [0.29, 0.717) is 19.7 Å². The zero-order valence-corrected chi connectivity index (χ0v) is 18.1. The third kappa shape index (κ3) is 6.14. The Hall–Kier alpha value is -3.73. The molecule has 0 aliphatic carbocycles. The van der Waals surface area contributed by atoms with E-state index in [1.807, 2.05) is 54.7 Å². The second kappa shape index (κ2) is 11.0. The van der Waals surface area contributed by atoms with E-state index in [2.05, 4.69) is 45.9 Å². The third-order valence-electron chi connectivity index (χ3n) is 5.44. The third-order valence-corrected chi connectivity index (χ3v) is 5.44. The first kappa shape index (κ1) is 21.5. The van der Waals surface area contributed by atoms with Crippen molar-refractivity contribution in [3.8, 4) is 5.75 Å². The number of benzene rings is 3. The summed E-state index contributed by atoms with van der Waals surface area (Å²) in [5.41, 5.74) is 4.65. The Bertz CT molecular complexity index is 1120. The van der Waals surface area contributed by atoms with Crippen molar-refractivity contribution in [3.63, 3.8) is 0 Å². The van der Waals surface area contributed by atoms with E-state index < -0.39 is 0 Å². The van der Waals surface area contributed by atoms with Gasteiger partial charge in [0.05, 0.1) is 0 Å². The molecule has 0 atom stereocenters. The van der Waals surface area contributed by atoms with E-state index >= 15 is 0 Å². The van der Waals surface area contributed by atoms with Gasteiger partial charge in [0.15, 0.2) is 0 Å². The SMILES string of the molecule is O=C(NCCCc1ccccc1)NCCc1c[nH]c2cc(OCc3ccccc3)ccc12. The molecule has 4 aromatic rings. The summed E-state index contributed by atoms with van der Waals surface area (Å²) in [6, 6.07) is 26.4. The molecule has 0 aliphatic rings. The summed E-state index contributed by atoms with van der Waals surface area (Å²) in [4.78, 5) is 15.3. The Kier molecular flexibility index (Phi) is 7.42. The number of aromatic amines is 1. The summed E-state index contributed by atoms with van der Waals surface area (Å²) >= 11 is 0. The summed E-state index contributed by atoms with van der Waals surface area (Å²) < 4.78 is 5.91. The molecular weight excluding hydrogens is 398 g/mol. The van der Waals surface area contributed by atoms with Crippen LogP contribution in [0.25, 0.3) is 10.9 Å². The van der Waals surface area contributed by atoms with Crippen LogP contribution >= 0.6 is 0 Å². The largest absolute Gasteiger partial charge is 0.489 e. The maximum atomic E-state index is 12.0. The molecule has 5 heteroatoms. The van der Waals surface area contributed by atoms with Gasteiger partial charge in [-0.25, -0.2) is 4.79 Å². The molecular formula is C27H29N3O2. The van der Waals surface area contributed by atoms with Crippen molar-refractivity contribution in [2.45, 2.75) is 25.9 Å². The summed E-state index contributed by atoms with van der Waals surface area (Å²) in [6.07, 6.45) is 4.66.